The Kier molecular flexibility index (Phi) is 21.2. The van der Waals surface area contributed by atoms with Crippen molar-refractivity contribution in [3.05, 3.63) is 468 Å². The molecule has 0 bridgehead atoms. The number of nitrogens with zero attached hydrogens (tertiary/aromatic N) is 4. The number of pyridine rings is 4. The molecule has 0 spiro atoms. The summed E-state index contributed by atoms with van der Waals surface area (Å²) in [5.74, 6) is 0. The highest BCUT2D eigenvalue weighted by Gasteiger charge is 2.42. The summed E-state index contributed by atoms with van der Waals surface area (Å²) in [4.78, 5) is 20.0. The molecule has 4 aromatic heterocycles. The number of fused-ring (bicyclic) bond motifs is 22. The van der Waals surface area contributed by atoms with Crippen molar-refractivity contribution in [2.45, 2.75) is 150 Å². The highest BCUT2D eigenvalue weighted by atomic mass is 14.9. The second-order valence-electron chi connectivity index (χ2n) is 46.7. The minimum atomic E-state index is -0.0625. The van der Waals surface area contributed by atoms with Gasteiger partial charge in [0.2, 0.25) is 0 Å². The Morgan fingerprint density at radius 2 is 0.503 bits per heavy atom. The number of aromatic nitrogens is 4. The van der Waals surface area contributed by atoms with Crippen molar-refractivity contribution < 1.29 is 0 Å². The van der Waals surface area contributed by atoms with Gasteiger partial charge in [-0.1, -0.05) is 450 Å². The highest BCUT2D eigenvalue weighted by Crippen LogP contribution is 2.60. The molecule has 19 aromatic carbocycles. The SMILES string of the molecule is CC(C)(C)c1cc(-c2ccc3c4c(cccc24)-c2ccccc2-3)cc(-c2ccc3c4c(cccc24)-c2ccccc2-3)c1.CC(C)(C)c1ccc2c(c1)C(C)(C)c1cc(C(C)(C)C)cc(-c3ccc4c5c(cccc35)-c3ccccc3-4)c1-2.CC1(C)c2ccccc2-c2ccc(-c3ccc4ccc(-c5ccc6c(c5)C(C)(C)c5ccccc5-6)nc4n3)cc21.Cc1cc(-c2ccccc2)c2ccc3c(-c4ccccc4)cc(C)nc3c2n1. The van der Waals surface area contributed by atoms with E-state index in [2.05, 4.69) is 512 Å². The van der Waals surface area contributed by atoms with E-state index in [1.807, 2.05) is 12.1 Å². The maximum Gasteiger partial charge on any atom is 0.160 e. The smallest absolute Gasteiger partial charge is 0.160 e. The van der Waals surface area contributed by atoms with E-state index in [0.717, 1.165) is 66.7 Å². The van der Waals surface area contributed by atoms with Crippen molar-refractivity contribution in [2.24, 2.45) is 0 Å². The van der Waals surface area contributed by atoms with Crippen molar-refractivity contribution in [1.82, 2.24) is 19.9 Å². The van der Waals surface area contributed by atoms with Crippen LogP contribution in [0.15, 0.2) is 406 Å². The van der Waals surface area contributed by atoms with Gasteiger partial charge in [-0.2, -0.15) is 0 Å². The number of hydrogen-bond donors (Lipinski definition) is 0. The van der Waals surface area contributed by atoms with E-state index in [4.69, 9.17) is 19.9 Å². The van der Waals surface area contributed by atoms with E-state index in [0.29, 0.717) is 0 Å². The summed E-state index contributed by atoms with van der Waals surface area (Å²) in [5, 5.41) is 11.5. The van der Waals surface area contributed by atoms with Crippen molar-refractivity contribution >= 4 is 65.2 Å². The molecule has 718 valence electrons. The van der Waals surface area contributed by atoms with Crippen molar-refractivity contribution in [3.8, 4) is 178 Å². The molecule has 4 nitrogen and oxygen atoms in total. The molecule has 23 aromatic rings. The first-order valence-electron chi connectivity index (χ1n) is 52.9. The van der Waals surface area contributed by atoms with Gasteiger partial charge < -0.3 is 0 Å². The van der Waals surface area contributed by atoms with E-state index < -0.39 is 0 Å². The van der Waals surface area contributed by atoms with Crippen molar-refractivity contribution in [2.75, 3.05) is 0 Å². The normalized spacial score (nSPS) is 13.7. The lowest BCUT2D eigenvalue weighted by Crippen LogP contribution is -2.19. The Balaban J connectivity index is 0.000000101. The fraction of sp³-hybridized carbons (Fsp3) is 0.159. The molecule has 0 unspecified atom stereocenters. The fourth-order valence-electron chi connectivity index (χ4n) is 25.5. The zero-order valence-electron chi connectivity index (χ0n) is 88.0. The Bertz CT molecular complexity index is 9130. The number of aryl methyl sites for hydroxylation is 2. The third kappa shape index (κ3) is 15.0. The van der Waals surface area contributed by atoms with Crippen LogP contribution in [0.3, 0.4) is 0 Å². The first-order chi connectivity index (χ1) is 71.9. The van der Waals surface area contributed by atoms with Gasteiger partial charge in [-0.3, -0.25) is 9.97 Å². The van der Waals surface area contributed by atoms with Gasteiger partial charge in [0.05, 0.1) is 22.4 Å². The molecule has 4 heterocycles. The molecular formula is C145H118N4. The lowest BCUT2D eigenvalue weighted by molar-refractivity contribution is 0.580. The quantitative estimate of drug-likeness (QED) is 0.149. The predicted octanol–water partition coefficient (Wildman–Crippen LogP) is 39.3. The topological polar surface area (TPSA) is 51.6 Å². The largest absolute Gasteiger partial charge is 0.251 e. The second kappa shape index (κ2) is 34.2. The van der Waals surface area contributed by atoms with Crippen LogP contribution in [0.1, 0.15) is 165 Å². The molecule has 0 radical (unpaired) electrons. The molecule has 0 amide bonds. The van der Waals surface area contributed by atoms with Crippen LogP contribution in [0.4, 0.5) is 0 Å². The van der Waals surface area contributed by atoms with E-state index in [9.17, 15) is 0 Å². The van der Waals surface area contributed by atoms with Crippen LogP contribution in [0.2, 0.25) is 0 Å². The highest BCUT2D eigenvalue weighted by molar-refractivity contribution is 6.23. The van der Waals surface area contributed by atoms with E-state index >= 15 is 0 Å². The van der Waals surface area contributed by atoms with Crippen molar-refractivity contribution in [1.29, 1.82) is 0 Å². The molecule has 6 aliphatic rings. The molecule has 0 saturated carbocycles. The van der Waals surface area contributed by atoms with Crippen LogP contribution in [-0.4, -0.2) is 19.9 Å². The average Bonchev–Trinajstić information content (AvgIpc) is 1.53. The summed E-state index contributed by atoms with van der Waals surface area (Å²) in [5.41, 5.74) is 58.5. The van der Waals surface area contributed by atoms with Gasteiger partial charge in [0.25, 0.3) is 0 Å². The first-order valence-corrected chi connectivity index (χ1v) is 52.9. The molecule has 0 saturated heterocycles. The van der Waals surface area contributed by atoms with E-state index in [1.54, 1.807) is 0 Å². The second-order valence-corrected chi connectivity index (χ2v) is 46.7. The fourth-order valence-corrected chi connectivity index (χ4v) is 25.5. The minimum absolute atomic E-state index is 0.0148. The molecule has 0 fully saturated rings. The van der Waals surface area contributed by atoms with Crippen LogP contribution < -0.4 is 0 Å². The van der Waals surface area contributed by atoms with Gasteiger partial charge in [-0.25, -0.2) is 9.97 Å². The summed E-state index contributed by atoms with van der Waals surface area (Å²) in [6.07, 6.45) is 0. The van der Waals surface area contributed by atoms with E-state index in [1.165, 1.54) is 238 Å². The monoisotopic (exact) mass is 1910 g/mol. The van der Waals surface area contributed by atoms with Crippen LogP contribution in [0.5, 0.6) is 0 Å². The molecule has 0 aliphatic heterocycles. The average molecular weight is 1920 g/mol. The summed E-state index contributed by atoms with van der Waals surface area (Å²) in [6, 6.07) is 150. The number of rotatable bonds is 7. The Morgan fingerprint density at radius 1 is 0.181 bits per heavy atom. The zero-order chi connectivity index (χ0) is 102. The molecule has 149 heavy (non-hydrogen) atoms. The van der Waals surface area contributed by atoms with Crippen LogP contribution in [-0.2, 0) is 32.5 Å². The summed E-state index contributed by atoms with van der Waals surface area (Å²) >= 11 is 0. The maximum atomic E-state index is 5.08. The van der Waals surface area contributed by atoms with Gasteiger partial charge in [-0.05, 0) is 329 Å². The lowest BCUT2D eigenvalue weighted by Gasteiger charge is -2.27. The van der Waals surface area contributed by atoms with Crippen LogP contribution >= 0.6 is 0 Å². The van der Waals surface area contributed by atoms with Crippen LogP contribution in [0, 0.1) is 13.8 Å². The standard InChI is InChI=1S/C42H30.C39H38.C38H30N2.C26H20N2/c1-42(2,3)27-23-25(28-18-20-38-32-12-6-4-10-30(32)36-16-8-14-34(28)40(36)38)22-26(24-27)29-19-21-39-33-13-7-5-11-31(33)37-17-9-15-35(29)41(37)39;1-37(2,3)23-16-17-31-33(21-23)39(7,8)34-22-24(38(4,5)6)20-32(36(31)34)27-18-19-30-26-13-10-9-12-25(26)28-14-11-15-29(27)35(28)30;1-37(2)30-11-7-5-9-26(30)28-17-13-24(21-32(28)37)34-19-15-23-16-20-35(40-36(23)39-34)25-14-18-29-27-10-6-8-12-31(27)38(3,4)33(29)22-25;1-17-15-23(19-9-5-3-6-10-19)21-13-14-22-24(20-11-7-4-8-12-20)16-18(2)28-26(22)25(21)27-17/h4-24H,1-3H3;9-22H,1-8H3;5-22H,1-4H3;3-16H,1-2H3. The maximum absolute atomic E-state index is 5.08. The number of benzene rings is 19. The summed E-state index contributed by atoms with van der Waals surface area (Å²) < 4.78 is 0. The lowest BCUT2D eigenvalue weighted by atomic mass is 9.76. The summed E-state index contributed by atoms with van der Waals surface area (Å²) in [6.45, 7) is 39.2. The molecule has 29 rings (SSSR count). The van der Waals surface area contributed by atoms with Crippen molar-refractivity contribution in [3.63, 3.8) is 0 Å². The Morgan fingerprint density at radius 3 is 0.919 bits per heavy atom. The zero-order valence-corrected chi connectivity index (χ0v) is 88.0. The van der Waals surface area contributed by atoms with Gasteiger partial charge in [0.15, 0.2) is 5.65 Å². The van der Waals surface area contributed by atoms with Gasteiger partial charge in [-0.15, -0.1) is 0 Å². The third-order valence-electron chi connectivity index (χ3n) is 33.4. The minimum Gasteiger partial charge on any atom is -0.251 e. The molecular weight excluding hydrogens is 1800 g/mol. The Labute approximate surface area is 875 Å². The molecule has 0 atom stereocenters. The predicted molar refractivity (Wildman–Crippen MR) is 632 cm³/mol. The number of hydrogen-bond acceptors (Lipinski definition) is 4. The van der Waals surface area contributed by atoms with Gasteiger partial charge in [0.1, 0.15) is 0 Å². The first kappa shape index (κ1) is 92.2. The van der Waals surface area contributed by atoms with Crippen LogP contribution in [0.25, 0.3) is 243 Å². The van der Waals surface area contributed by atoms with Gasteiger partial charge >= 0.3 is 0 Å². The molecule has 6 aliphatic carbocycles. The van der Waals surface area contributed by atoms with E-state index in [-0.39, 0.29) is 32.5 Å². The molecule has 0 N–H and O–H groups in total. The summed E-state index contributed by atoms with van der Waals surface area (Å²) in [7, 11) is 0. The molecule has 4 heteroatoms. The van der Waals surface area contributed by atoms with Gasteiger partial charge in [0, 0.05) is 54.9 Å². The third-order valence-corrected chi connectivity index (χ3v) is 33.4. The Hall–Kier alpha value is -16.7.